The van der Waals surface area contributed by atoms with Gasteiger partial charge in [-0.05, 0) is 0 Å². The molecule has 0 saturated carbocycles. The van der Waals surface area contributed by atoms with Crippen molar-refractivity contribution in [2.24, 2.45) is 4.99 Å². The minimum absolute atomic E-state index is 0.420. The molecule has 1 aromatic heterocycles. The van der Waals surface area contributed by atoms with Crippen molar-refractivity contribution in [3.63, 3.8) is 0 Å². The molecule has 0 aromatic carbocycles. The predicted octanol–water partition coefficient (Wildman–Crippen LogP) is -0.317. The van der Waals surface area contributed by atoms with Gasteiger partial charge in [0.2, 0.25) is 5.62 Å². The highest BCUT2D eigenvalue weighted by molar-refractivity contribution is 5.36. The van der Waals surface area contributed by atoms with Gasteiger partial charge in [0, 0.05) is 13.2 Å². The summed E-state index contributed by atoms with van der Waals surface area (Å²) in [5.74, 6) is 5.56. The Morgan fingerprint density at radius 3 is 3.08 bits per heavy atom. The maximum absolute atomic E-state index is 5.56. The molecule has 0 fully saturated rings. The third kappa shape index (κ3) is 1.63. The van der Waals surface area contributed by atoms with Gasteiger partial charge in [0.1, 0.15) is 0 Å². The van der Waals surface area contributed by atoms with Crippen LogP contribution >= 0.6 is 0 Å². The van der Waals surface area contributed by atoms with E-state index in [1.165, 1.54) is 10.9 Å². The van der Waals surface area contributed by atoms with Crippen LogP contribution < -0.4 is 16.8 Å². The molecule has 0 unspecified atom stereocenters. The van der Waals surface area contributed by atoms with Crippen LogP contribution in [0.1, 0.15) is 0 Å². The maximum atomic E-state index is 5.56. The quantitative estimate of drug-likeness (QED) is 0.590. The zero-order valence-electron chi connectivity index (χ0n) is 6.86. The average molecular weight is 165 g/mol. The number of nitrogens with two attached hydrogens (primary N) is 1. The molecule has 1 aromatic rings. The van der Waals surface area contributed by atoms with Crippen LogP contribution in [0.25, 0.3) is 0 Å². The predicted molar refractivity (Wildman–Crippen MR) is 47.7 cm³/mol. The van der Waals surface area contributed by atoms with Gasteiger partial charge in [-0.15, -0.1) is 0 Å². The molecule has 0 atom stereocenters. The normalized spacial score (nSPS) is 11.2. The van der Waals surface area contributed by atoms with Crippen molar-refractivity contribution < 1.29 is 0 Å². The fraction of sp³-hybridized carbons (Fsp3) is 0.143. The number of hydrogen-bond acceptors (Lipinski definition) is 4. The summed E-state index contributed by atoms with van der Waals surface area (Å²) in [6.45, 7) is 3.45. The highest BCUT2D eigenvalue weighted by Crippen LogP contribution is 1.95. The molecule has 0 bridgehead atoms. The molecule has 0 saturated heterocycles. The first-order valence-corrected chi connectivity index (χ1v) is 3.44. The Hall–Kier alpha value is -1.78. The van der Waals surface area contributed by atoms with Gasteiger partial charge in [0.15, 0.2) is 0 Å². The minimum Gasteiger partial charge on any atom is -0.386 e. The highest BCUT2D eigenvalue weighted by atomic mass is 15.3. The van der Waals surface area contributed by atoms with E-state index in [0.717, 1.165) is 5.69 Å². The van der Waals surface area contributed by atoms with Crippen molar-refractivity contribution in [1.29, 1.82) is 0 Å². The number of hydrogen-bond donors (Lipinski definition) is 2. The number of rotatable bonds is 2. The lowest BCUT2D eigenvalue weighted by Gasteiger charge is -2.01. The minimum atomic E-state index is 0.420. The fourth-order valence-corrected chi connectivity index (χ4v) is 0.746. The van der Waals surface area contributed by atoms with Crippen molar-refractivity contribution in [2.75, 3.05) is 18.2 Å². The molecular formula is C7H11N5. The molecule has 5 nitrogen and oxygen atoms in total. The van der Waals surface area contributed by atoms with Gasteiger partial charge >= 0.3 is 0 Å². The van der Waals surface area contributed by atoms with Gasteiger partial charge in [-0.1, -0.05) is 6.58 Å². The van der Waals surface area contributed by atoms with E-state index < -0.39 is 0 Å². The molecule has 3 N–H and O–H groups in total. The van der Waals surface area contributed by atoms with Crippen molar-refractivity contribution in [3.8, 4) is 0 Å². The van der Waals surface area contributed by atoms with Gasteiger partial charge in [0.05, 0.1) is 18.1 Å². The van der Waals surface area contributed by atoms with E-state index in [9.17, 15) is 0 Å². The number of anilines is 1. The first kappa shape index (κ1) is 8.32. The number of nitrogen functional groups attached to an aromatic ring is 1. The van der Waals surface area contributed by atoms with Gasteiger partial charge in [-0.2, -0.15) is 0 Å². The van der Waals surface area contributed by atoms with Crippen molar-refractivity contribution in [1.82, 2.24) is 9.66 Å². The van der Waals surface area contributed by atoms with E-state index in [1.54, 1.807) is 19.4 Å². The lowest BCUT2D eigenvalue weighted by molar-refractivity contribution is 0.836. The maximum Gasteiger partial charge on any atom is 0.248 e. The zero-order valence-corrected chi connectivity index (χ0v) is 6.86. The van der Waals surface area contributed by atoms with Crippen molar-refractivity contribution >= 4 is 5.69 Å². The zero-order chi connectivity index (χ0) is 8.97. The van der Waals surface area contributed by atoms with E-state index in [4.69, 9.17) is 5.84 Å². The van der Waals surface area contributed by atoms with E-state index in [1.807, 2.05) is 0 Å². The Bertz CT molecular complexity index is 338. The summed E-state index contributed by atoms with van der Waals surface area (Å²) in [5, 5.41) is 2.91. The molecule has 0 spiro atoms. The molecule has 0 amide bonds. The average Bonchev–Trinajstić information content (AvgIpc) is 2.09. The Morgan fingerprint density at radius 2 is 2.58 bits per heavy atom. The van der Waals surface area contributed by atoms with Gasteiger partial charge in [0.25, 0.3) is 0 Å². The van der Waals surface area contributed by atoms with Crippen molar-refractivity contribution in [2.45, 2.75) is 0 Å². The van der Waals surface area contributed by atoms with Crippen molar-refractivity contribution in [3.05, 3.63) is 30.8 Å². The topological polar surface area (TPSA) is 68.2 Å². The molecular weight excluding hydrogens is 154 g/mol. The summed E-state index contributed by atoms with van der Waals surface area (Å²) in [6.07, 6.45) is 4.73. The fourth-order valence-electron chi connectivity index (χ4n) is 0.746. The van der Waals surface area contributed by atoms with E-state index in [2.05, 4.69) is 21.9 Å². The summed E-state index contributed by atoms with van der Waals surface area (Å²) in [5.41, 5.74) is 1.25. The van der Waals surface area contributed by atoms with Crippen LogP contribution in [0.3, 0.4) is 0 Å². The third-order valence-electron chi connectivity index (χ3n) is 1.32. The molecule has 12 heavy (non-hydrogen) atoms. The van der Waals surface area contributed by atoms with E-state index in [-0.39, 0.29) is 0 Å². The highest BCUT2D eigenvalue weighted by Gasteiger charge is 1.90. The Balaban J connectivity index is 3.20. The smallest absolute Gasteiger partial charge is 0.248 e. The molecule has 64 valence electrons. The SMILES string of the molecule is C=CN=c1ncc(NC)cn1N. The van der Waals surface area contributed by atoms with Crippen LogP contribution in [0.15, 0.2) is 30.2 Å². The lowest BCUT2D eigenvalue weighted by Crippen LogP contribution is -2.29. The summed E-state index contributed by atoms with van der Waals surface area (Å²) in [6, 6.07) is 0. The lowest BCUT2D eigenvalue weighted by atomic mass is 10.5. The monoisotopic (exact) mass is 165 g/mol. The van der Waals surface area contributed by atoms with Crippen LogP contribution in [0, 0.1) is 0 Å². The summed E-state index contributed by atoms with van der Waals surface area (Å²) >= 11 is 0. The first-order chi connectivity index (χ1) is 5.77. The molecule has 5 heteroatoms. The van der Waals surface area contributed by atoms with Crippen LogP contribution in [0.2, 0.25) is 0 Å². The van der Waals surface area contributed by atoms with E-state index >= 15 is 0 Å². The number of aromatic nitrogens is 2. The van der Waals surface area contributed by atoms with Crippen LogP contribution in [-0.4, -0.2) is 16.7 Å². The molecule has 1 rings (SSSR count). The van der Waals surface area contributed by atoms with E-state index in [0.29, 0.717) is 5.62 Å². The second-order valence-corrected chi connectivity index (χ2v) is 2.11. The summed E-state index contributed by atoms with van der Waals surface area (Å²) < 4.78 is 1.33. The molecule has 0 aliphatic rings. The molecule has 0 aliphatic heterocycles. The van der Waals surface area contributed by atoms with Crippen LogP contribution in [0.5, 0.6) is 0 Å². The Labute approximate surface area is 70.2 Å². The Morgan fingerprint density at radius 1 is 1.83 bits per heavy atom. The van der Waals surface area contributed by atoms with Gasteiger partial charge in [-0.25, -0.2) is 14.7 Å². The Kier molecular flexibility index (Phi) is 2.47. The molecule has 0 radical (unpaired) electrons. The van der Waals surface area contributed by atoms with Crippen LogP contribution in [-0.2, 0) is 0 Å². The van der Waals surface area contributed by atoms with Gasteiger partial charge < -0.3 is 11.2 Å². The number of nitrogens with one attached hydrogen (secondary N) is 1. The van der Waals surface area contributed by atoms with Crippen LogP contribution in [0.4, 0.5) is 5.69 Å². The largest absolute Gasteiger partial charge is 0.386 e. The summed E-state index contributed by atoms with van der Waals surface area (Å²) in [7, 11) is 1.79. The second-order valence-electron chi connectivity index (χ2n) is 2.11. The number of nitrogens with zero attached hydrogens (tertiary/aromatic N) is 3. The first-order valence-electron chi connectivity index (χ1n) is 3.44. The molecule has 1 heterocycles. The second kappa shape index (κ2) is 3.56. The summed E-state index contributed by atoms with van der Waals surface area (Å²) in [4.78, 5) is 7.82. The molecule has 0 aliphatic carbocycles. The standard InChI is InChI=1S/C7H11N5/c1-3-10-7-11-4-6(9-2)5-12(7)8/h3-5,9H,1,8H2,2H3. The van der Waals surface area contributed by atoms with Gasteiger partial charge in [-0.3, -0.25) is 0 Å². The third-order valence-corrected chi connectivity index (χ3v) is 1.32.